The summed E-state index contributed by atoms with van der Waals surface area (Å²) in [5, 5.41) is 13.1. The van der Waals surface area contributed by atoms with Crippen molar-refractivity contribution in [3.63, 3.8) is 0 Å². The van der Waals surface area contributed by atoms with Crippen LogP contribution >= 0.6 is 11.8 Å². The lowest BCUT2D eigenvalue weighted by Gasteiger charge is -2.29. The fourth-order valence-corrected chi connectivity index (χ4v) is 2.83. The first-order valence-corrected chi connectivity index (χ1v) is 7.86. The molecule has 0 aromatic heterocycles. The molecule has 0 aliphatic carbocycles. The summed E-state index contributed by atoms with van der Waals surface area (Å²) in [5.74, 6) is 0.954. The molecule has 0 rings (SSSR count). The van der Waals surface area contributed by atoms with Gasteiger partial charge in [-0.05, 0) is 45.3 Å². The molecule has 3 nitrogen and oxygen atoms in total. The van der Waals surface area contributed by atoms with Gasteiger partial charge < -0.3 is 5.11 Å². The lowest BCUT2D eigenvalue weighted by molar-refractivity contribution is -0.144. The number of rotatable bonds is 9. The van der Waals surface area contributed by atoms with Crippen LogP contribution in [0.3, 0.4) is 0 Å². The molecule has 0 fully saturated rings. The monoisotopic (exact) mass is 275 g/mol. The van der Waals surface area contributed by atoms with Gasteiger partial charge in [-0.15, -0.1) is 0 Å². The fourth-order valence-electron chi connectivity index (χ4n) is 1.77. The standard InChI is InChI=1S/C14H29NO2S/c1-10(2)12(5)18-9-7-8-14(6,13(16)17)15-11(3)4/h10-12,15H,7-9H2,1-6H3,(H,16,17). The van der Waals surface area contributed by atoms with Crippen molar-refractivity contribution in [2.75, 3.05) is 5.75 Å². The van der Waals surface area contributed by atoms with E-state index >= 15 is 0 Å². The smallest absolute Gasteiger partial charge is 0.323 e. The van der Waals surface area contributed by atoms with Crippen LogP contribution < -0.4 is 5.32 Å². The van der Waals surface area contributed by atoms with E-state index in [1.807, 2.05) is 25.6 Å². The van der Waals surface area contributed by atoms with Crippen LogP contribution in [-0.2, 0) is 4.79 Å². The number of thioether (sulfide) groups is 1. The predicted molar refractivity (Wildman–Crippen MR) is 80.3 cm³/mol. The molecule has 0 aromatic rings. The van der Waals surface area contributed by atoms with Crippen molar-refractivity contribution in [2.45, 2.75) is 71.2 Å². The summed E-state index contributed by atoms with van der Waals surface area (Å²) in [6.45, 7) is 12.4. The van der Waals surface area contributed by atoms with Crippen LogP contribution in [0, 0.1) is 5.92 Å². The zero-order valence-electron chi connectivity index (χ0n) is 12.6. The first-order chi connectivity index (χ1) is 8.19. The second-order valence-electron chi connectivity index (χ2n) is 5.86. The highest BCUT2D eigenvalue weighted by molar-refractivity contribution is 7.99. The SMILES string of the molecule is CC(C)NC(C)(CCCSC(C)C(C)C)C(=O)O. The predicted octanol–water partition coefficient (Wildman–Crippen LogP) is 3.39. The molecule has 2 N–H and O–H groups in total. The zero-order valence-corrected chi connectivity index (χ0v) is 13.4. The largest absolute Gasteiger partial charge is 0.480 e. The van der Waals surface area contributed by atoms with Gasteiger partial charge in [0.2, 0.25) is 0 Å². The summed E-state index contributed by atoms with van der Waals surface area (Å²) in [6.07, 6.45) is 1.61. The van der Waals surface area contributed by atoms with Gasteiger partial charge in [-0.2, -0.15) is 11.8 Å². The minimum Gasteiger partial charge on any atom is -0.480 e. The lowest BCUT2D eigenvalue weighted by Crippen LogP contribution is -2.52. The van der Waals surface area contributed by atoms with Gasteiger partial charge in [0.1, 0.15) is 5.54 Å². The molecule has 2 atom stereocenters. The Morgan fingerprint density at radius 3 is 2.22 bits per heavy atom. The third-order valence-electron chi connectivity index (χ3n) is 3.22. The summed E-state index contributed by atoms with van der Waals surface area (Å²) in [6, 6.07) is 0.188. The topological polar surface area (TPSA) is 49.3 Å². The molecule has 0 aromatic carbocycles. The van der Waals surface area contributed by atoms with E-state index in [4.69, 9.17) is 0 Å². The van der Waals surface area contributed by atoms with Crippen LogP contribution in [0.1, 0.15) is 54.4 Å². The van der Waals surface area contributed by atoms with Gasteiger partial charge in [0.05, 0.1) is 0 Å². The average Bonchev–Trinajstić information content (AvgIpc) is 2.22. The Kier molecular flexibility index (Phi) is 7.95. The average molecular weight is 275 g/mol. The Morgan fingerprint density at radius 1 is 1.28 bits per heavy atom. The van der Waals surface area contributed by atoms with Crippen molar-refractivity contribution >= 4 is 17.7 Å². The van der Waals surface area contributed by atoms with E-state index in [0.29, 0.717) is 17.6 Å². The number of nitrogens with one attached hydrogen (secondary N) is 1. The molecule has 0 radical (unpaired) electrons. The van der Waals surface area contributed by atoms with Crippen molar-refractivity contribution < 1.29 is 9.90 Å². The van der Waals surface area contributed by atoms with Crippen molar-refractivity contribution in [1.82, 2.24) is 5.32 Å². The van der Waals surface area contributed by atoms with Gasteiger partial charge >= 0.3 is 5.97 Å². The number of hydrogen-bond acceptors (Lipinski definition) is 3. The summed E-state index contributed by atoms with van der Waals surface area (Å²) in [7, 11) is 0. The van der Waals surface area contributed by atoms with Crippen molar-refractivity contribution in [2.24, 2.45) is 5.92 Å². The fraction of sp³-hybridized carbons (Fsp3) is 0.929. The lowest BCUT2D eigenvalue weighted by atomic mass is 9.95. The van der Waals surface area contributed by atoms with Gasteiger partial charge in [0.15, 0.2) is 0 Å². The van der Waals surface area contributed by atoms with Crippen molar-refractivity contribution in [3.05, 3.63) is 0 Å². The minimum absolute atomic E-state index is 0.188. The molecule has 0 heterocycles. The summed E-state index contributed by atoms with van der Waals surface area (Å²) in [5.41, 5.74) is -0.796. The summed E-state index contributed by atoms with van der Waals surface area (Å²) < 4.78 is 0. The quantitative estimate of drug-likeness (QED) is 0.633. The molecule has 0 aliphatic heterocycles. The van der Waals surface area contributed by atoms with E-state index in [1.54, 1.807) is 6.92 Å². The van der Waals surface area contributed by atoms with Gasteiger partial charge in [0.25, 0.3) is 0 Å². The van der Waals surface area contributed by atoms with Crippen LogP contribution in [0.5, 0.6) is 0 Å². The van der Waals surface area contributed by atoms with E-state index in [0.717, 1.165) is 12.2 Å². The van der Waals surface area contributed by atoms with Gasteiger partial charge in [-0.25, -0.2) is 0 Å². The molecule has 18 heavy (non-hydrogen) atoms. The van der Waals surface area contributed by atoms with Crippen molar-refractivity contribution in [3.8, 4) is 0 Å². The Balaban J connectivity index is 4.10. The summed E-state index contributed by atoms with van der Waals surface area (Å²) >= 11 is 1.94. The highest BCUT2D eigenvalue weighted by Crippen LogP contribution is 2.22. The van der Waals surface area contributed by atoms with Crippen LogP contribution in [0.25, 0.3) is 0 Å². The van der Waals surface area contributed by atoms with E-state index in [9.17, 15) is 9.90 Å². The molecule has 0 saturated carbocycles. The van der Waals surface area contributed by atoms with Crippen molar-refractivity contribution in [1.29, 1.82) is 0 Å². The normalized spacial score (nSPS) is 16.9. The van der Waals surface area contributed by atoms with Gasteiger partial charge in [-0.3, -0.25) is 10.1 Å². The second kappa shape index (κ2) is 8.05. The molecule has 0 amide bonds. The molecule has 108 valence electrons. The molecule has 2 unspecified atom stereocenters. The minimum atomic E-state index is -0.796. The third kappa shape index (κ3) is 6.64. The Morgan fingerprint density at radius 2 is 1.83 bits per heavy atom. The molecule has 4 heteroatoms. The number of hydrogen-bond donors (Lipinski definition) is 2. The molecule has 0 bridgehead atoms. The maximum atomic E-state index is 11.3. The molecular formula is C14H29NO2S. The first-order valence-electron chi connectivity index (χ1n) is 6.81. The number of carboxylic acid groups (broad SMARTS) is 1. The Bertz CT molecular complexity index is 256. The third-order valence-corrected chi connectivity index (χ3v) is 4.81. The van der Waals surface area contributed by atoms with Gasteiger partial charge in [0, 0.05) is 11.3 Å². The van der Waals surface area contributed by atoms with E-state index < -0.39 is 11.5 Å². The molecule has 0 aliphatic rings. The van der Waals surface area contributed by atoms with Gasteiger partial charge in [-0.1, -0.05) is 20.8 Å². The number of carboxylic acids is 1. The number of aliphatic carboxylic acids is 1. The van der Waals surface area contributed by atoms with E-state index in [-0.39, 0.29) is 6.04 Å². The van der Waals surface area contributed by atoms with Crippen LogP contribution in [0.15, 0.2) is 0 Å². The summed E-state index contributed by atoms with van der Waals surface area (Å²) in [4.78, 5) is 11.3. The Labute approximate surface area is 116 Å². The van der Waals surface area contributed by atoms with Crippen LogP contribution in [0.2, 0.25) is 0 Å². The highest BCUT2D eigenvalue weighted by Gasteiger charge is 2.32. The Hall–Kier alpha value is -0.220. The van der Waals surface area contributed by atoms with E-state index in [2.05, 4.69) is 26.1 Å². The first kappa shape index (κ1) is 17.8. The van der Waals surface area contributed by atoms with Crippen LogP contribution in [-0.4, -0.2) is 33.7 Å². The highest BCUT2D eigenvalue weighted by atomic mass is 32.2. The van der Waals surface area contributed by atoms with Crippen LogP contribution in [0.4, 0.5) is 0 Å². The molecular weight excluding hydrogens is 246 g/mol. The number of carbonyl (C=O) groups is 1. The molecule has 0 spiro atoms. The maximum Gasteiger partial charge on any atom is 0.323 e. The molecule has 0 saturated heterocycles. The van der Waals surface area contributed by atoms with E-state index in [1.165, 1.54) is 0 Å². The second-order valence-corrected chi connectivity index (χ2v) is 7.34. The zero-order chi connectivity index (χ0) is 14.3. The maximum absolute atomic E-state index is 11.3.